The molecule has 0 radical (unpaired) electrons. The lowest BCUT2D eigenvalue weighted by Crippen LogP contribution is -2.11. The maximum absolute atomic E-state index is 6.42. The van der Waals surface area contributed by atoms with Crippen LogP contribution < -0.4 is 14.2 Å². The van der Waals surface area contributed by atoms with E-state index in [1.807, 2.05) is 74.5 Å². The van der Waals surface area contributed by atoms with Gasteiger partial charge in [-0.2, -0.15) is 0 Å². The molecule has 3 aromatic carbocycles. The molecule has 4 nitrogen and oxygen atoms in total. The molecule has 0 N–H and O–H groups in total. The molecule has 5 heteroatoms. The highest BCUT2D eigenvalue weighted by Crippen LogP contribution is 2.37. The molecule has 0 saturated carbocycles. The van der Waals surface area contributed by atoms with Crippen LogP contribution in [0.2, 0.25) is 5.02 Å². The average molecular weight is 424 g/mol. The molecule has 0 spiro atoms. The van der Waals surface area contributed by atoms with Gasteiger partial charge in [-0.25, -0.2) is 0 Å². The molecule has 0 aliphatic rings. The summed E-state index contributed by atoms with van der Waals surface area (Å²) in [6.07, 6.45) is 2.68. The highest BCUT2D eigenvalue weighted by Gasteiger charge is 2.14. The quantitative estimate of drug-likeness (QED) is 0.355. The Morgan fingerprint density at radius 2 is 1.63 bits per heavy atom. The van der Waals surface area contributed by atoms with Crippen molar-refractivity contribution in [3.8, 4) is 23.0 Å². The van der Waals surface area contributed by atoms with E-state index in [1.54, 1.807) is 13.3 Å². The number of aliphatic imine (C=N–C) groups is 1. The fraction of sp³-hybridized carbons (Fsp3) is 0.240. The lowest BCUT2D eigenvalue weighted by atomic mass is 10.2. The molecule has 0 aliphatic heterocycles. The van der Waals surface area contributed by atoms with Gasteiger partial charge in [0.15, 0.2) is 11.5 Å². The molecule has 0 aliphatic carbocycles. The summed E-state index contributed by atoms with van der Waals surface area (Å²) in [7, 11) is 1.60. The van der Waals surface area contributed by atoms with Crippen molar-refractivity contribution in [2.45, 2.75) is 33.3 Å². The summed E-state index contributed by atoms with van der Waals surface area (Å²) in [6.45, 7) is 6.10. The predicted molar refractivity (Wildman–Crippen MR) is 123 cm³/mol. The fourth-order valence-corrected chi connectivity index (χ4v) is 2.97. The van der Waals surface area contributed by atoms with Crippen molar-refractivity contribution in [1.29, 1.82) is 0 Å². The topological polar surface area (TPSA) is 40.0 Å². The molecule has 0 aromatic heterocycles. The smallest absolute Gasteiger partial charge is 0.180 e. The van der Waals surface area contributed by atoms with Gasteiger partial charge in [-0.05, 0) is 74.4 Å². The van der Waals surface area contributed by atoms with Gasteiger partial charge in [0.2, 0.25) is 0 Å². The van der Waals surface area contributed by atoms with Crippen molar-refractivity contribution in [2.24, 2.45) is 4.99 Å². The highest BCUT2D eigenvalue weighted by atomic mass is 35.5. The summed E-state index contributed by atoms with van der Waals surface area (Å²) in [6, 6.07) is 19.2. The average Bonchev–Trinajstić information content (AvgIpc) is 2.76. The minimum atomic E-state index is 0.0524. The van der Waals surface area contributed by atoms with Gasteiger partial charge >= 0.3 is 0 Å². The molecule has 0 saturated heterocycles. The normalized spacial score (nSPS) is 12.0. The van der Waals surface area contributed by atoms with E-state index in [0.29, 0.717) is 16.5 Å². The van der Waals surface area contributed by atoms with Gasteiger partial charge in [0.1, 0.15) is 11.5 Å². The number of halogens is 1. The number of ether oxygens (including phenoxy) is 3. The van der Waals surface area contributed by atoms with Crippen LogP contribution >= 0.6 is 11.6 Å². The second-order valence-corrected chi connectivity index (χ2v) is 7.45. The largest absolute Gasteiger partial charge is 0.493 e. The lowest BCUT2D eigenvalue weighted by molar-refractivity contribution is 0.208. The fourth-order valence-electron chi connectivity index (χ4n) is 2.70. The van der Waals surface area contributed by atoms with Gasteiger partial charge in [-0.1, -0.05) is 36.2 Å². The number of rotatable bonds is 8. The van der Waals surface area contributed by atoms with Crippen LogP contribution in [0.1, 0.15) is 31.4 Å². The third-order valence-electron chi connectivity index (χ3n) is 4.60. The van der Waals surface area contributed by atoms with Crippen LogP contribution in [0.4, 0.5) is 5.69 Å². The monoisotopic (exact) mass is 423 g/mol. The number of hydrogen-bond donors (Lipinski definition) is 0. The first-order valence-corrected chi connectivity index (χ1v) is 10.3. The molecule has 0 amide bonds. The second kappa shape index (κ2) is 10.2. The van der Waals surface area contributed by atoms with Crippen molar-refractivity contribution in [1.82, 2.24) is 0 Å². The molecule has 3 rings (SSSR count). The summed E-state index contributed by atoms with van der Waals surface area (Å²) in [5.41, 5.74) is 2.83. The first-order valence-electron chi connectivity index (χ1n) is 9.91. The second-order valence-electron chi connectivity index (χ2n) is 7.04. The number of hydrogen-bond acceptors (Lipinski definition) is 4. The van der Waals surface area contributed by atoms with Crippen LogP contribution in [0, 0.1) is 6.92 Å². The number of benzene rings is 3. The van der Waals surface area contributed by atoms with Gasteiger partial charge in [0, 0.05) is 6.21 Å². The van der Waals surface area contributed by atoms with Crippen molar-refractivity contribution in [2.75, 3.05) is 7.11 Å². The van der Waals surface area contributed by atoms with E-state index in [1.165, 1.54) is 5.56 Å². The van der Waals surface area contributed by atoms with Crippen molar-refractivity contribution >= 4 is 23.5 Å². The Balaban J connectivity index is 1.72. The maximum atomic E-state index is 6.42. The predicted octanol–water partition coefficient (Wildman–Crippen LogP) is 7.38. The minimum absolute atomic E-state index is 0.0524. The SMILES string of the molecule is CC[C@H](C)Oc1c(Cl)cc(C=Nc2ccc(Oc3ccc(C)cc3)cc2)cc1OC. The molecule has 0 bridgehead atoms. The lowest BCUT2D eigenvalue weighted by Gasteiger charge is -2.17. The summed E-state index contributed by atoms with van der Waals surface area (Å²) in [4.78, 5) is 4.52. The van der Waals surface area contributed by atoms with Crippen molar-refractivity contribution in [3.05, 3.63) is 76.8 Å². The van der Waals surface area contributed by atoms with E-state index in [9.17, 15) is 0 Å². The molecule has 0 fully saturated rings. The van der Waals surface area contributed by atoms with Crippen LogP contribution in [-0.2, 0) is 0 Å². The van der Waals surface area contributed by atoms with E-state index in [0.717, 1.165) is 29.2 Å². The van der Waals surface area contributed by atoms with E-state index in [2.05, 4.69) is 11.9 Å². The number of aryl methyl sites for hydroxylation is 1. The zero-order chi connectivity index (χ0) is 21.5. The van der Waals surface area contributed by atoms with Gasteiger partial charge in [-0.15, -0.1) is 0 Å². The zero-order valence-corrected chi connectivity index (χ0v) is 18.4. The minimum Gasteiger partial charge on any atom is -0.493 e. The van der Waals surface area contributed by atoms with Gasteiger partial charge in [0.05, 0.1) is 23.9 Å². The molecular weight excluding hydrogens is 398 g/mol. The van der Waals surface area contributed by atoms with E-state index in [4.69, 9.17) is 25.8 Å². The number of nitrogens with zero attached hydrogens (tertiary/aromatic N) is 1. The van der Waals surface area contributed by atoms with Crippen molar-refractivity contribution < 1.29 is 14.2 Å². The summed E-state index contributed by atoms with van der Waals surface area (Å²) < 4.78 is 17.2. The van der Waals surface area contributed by atoms with Crippen LogP contribution in [0.15, 0.2) is 65.7 Å². The van der Waals surface area contributed by atoms with Crippen molar-refractivity contribution in [3.63, 3.8) is 0 Å². The first kappa shape index (κ1) is 21.7. The molecule has 30 heavy (non-hydrogen) atoms. The molecular formula is C25H26ClNO3. The van der Waals surface area contributed by atoms with E-state index >= 15 is 0 Å². The molecule has 0 heterocycles. The van der Waals surface area contributed by atoms with E-state index < -0.39 is 0 Å². The summed E-state index contributed by atoms with van der Waals surface area (Å²) >= 11 is 6.42. The molecule has 156 valence electrons. The Morgan fingerprint density at radius 1 is 1.00 bits per heavy atom. The molecule has 0 unspecified atom stereocenters. The highest BCUT2D eigenvalue weighted by molar-refractivity contribution is 6.32. The standard InChI is InChI=1S/C25H26ClNO3/c1-5-18(3)29-25-23(26)14-19(15-24(25)28-4)16-27-20-8-12-22(13-9-20)30-21-10-6-17(2)7-11-21/h6-16,18H,5H2,1-4H3/t18-/m0/s1. The Morgan fingerprint density at radius 3 is 2.23 bits per heavy atom. The third-order valence-corrected chi connectivity index (χ3v) is 4.88. The Labute approximate surface area is 183 Å². The molecule has 1 atom stereocenters. The van der Waals surface area contributed by atoms with Gasteiger partial charge in [0.25, 0.3) is 0 Å². The summed E-state index contributed by atoms with van der Waals surface area (Å²) in [5.74, 6) is 2.71. The third kappa shape index (κ3) is 5.77. The Kier molecular flexibility index (Phi) is 7.36. The number of methoxy groups -OCH3 is 1. The Bertz CT molecular complexity index is 998. The van der Waals surface area contributed by atoms with E-state index in [-0.39, 0.29) is 6.10 Å². The maximum Gasteiger partial charge on any atom is 0.180 e. The Hall–Kier alpha value is -2.98. The van der Waals surface area contributed by atoms with Crippen LogP contribution in [-0.4, -0.2) is 19.4 Å². The first-order chi connectivity index (χ1) is 14.5. The van der Waals surface area contributed by atoms with Gasteiger partial charge < -0.3 is 14.2 Å². The summed E-state index contributed by atoms with van der Waals surface area (Å²) in [5, 5.41) is 0.498. The molecule has 3 aromatic rings. The van der Waals surface area contributed by atoms with Crippen LogP contribution in [0.3, 0.4) is 0 Å². The van der Waals surface area contributed by atoms with Crippen LogP contribution in [0.25, 0.3) is 0 Å². The zero-order valence-electron chi connectivity index (χ0n) is 17.7. The van der Waals surface area contributed by atoms with Gasteiger partial charge in [-0.3, -0.25) is 4.99 Å². The van der Waals surface area contributed by atoms with Crippen LogP contribution in [0.5, 0.6) is 23.0 Å².